The smallest absolute Gasteiger partial charge is 0.00204 e. The summed E-state index contributed by atoms with van der Waals surface area (Å²) in [5, 5.41) is 9.63. The molecule has 0 heterocycles. The minimum Gasteiger partial charge on any atom is -0.105 e. The van der Waals surface area contributed by atoms with E-state index in [9.17, 15) is 0 Å². The van der Waals surface area contributed by atoms with Crippen LogP contribution in [0.2, 0.25) is 0 Å². The summed E-state index contributed by atoms with van der Waals surface area (Å²) in [5.74, 6) is 0. The van der Waals surface area contributed by atoms with Gasteiger partial charge < -0.3 is 0 Å². The van der Waals surface area contributed by atoms with Crippen molar-refractivity contribution >= 4 is 46.9 Å². The van der Waals surface area contributed by atoms with E-state index in [0.717, 1.165) is 0 Å². The third-order valence-corrected chi connectivity index (χ3v) is 5.92. The maximum atomic E-state index is 3.03. The van der Waals surface area contributed by atoms with Gasteiger partial charge in [0.05, 0.1) is 0 Å². The predicted octanol–water partition coefficient (Wildman–Crippen LogP) is 6.16. The van der Waals surface area contributed by atoms with Crippen LogP contribution in [0.1, 0.15) is 39.2 Å². The second-order valence-electron chi connectivity index (χ2n) is 7.33. The molecule has 23 heavy (non-hydrogen) atoms. The highest BCUT2D eigenvalue weighted by atomic mass is 31.0. The molecule has 0 saturated carbocycles. The molecule has 0 aliphatic carbocycles. The van der Waals surface area contributed by atoms with Gasteiger partial charge in [0, 0.05) is 0 Å². The van der Waals surface area contributed by atoms with E-state index in [4.69, 9.17) is 0 Å². The molecule has 0 spiro atoms. The number of hydrogen-bond donors (Lipinski definition) is 0. The van der Waals surface area contributed by atoms with Crippen LogP contribution in [0.25, 0.3) is 32.3 Å². The molecule has 1 heteroatoms. The maximum absolute atomic E-state index is 3.03. The molecule has 1 atom stereocenters. The van der Waals surface area contributed by atoms with E-state index >= 15 is 0 Å². The summed E-state index contributed by atoms with van der Waals surface area (Å²) in [5.41, 5.74) is 1.67. The molecule has 0 nitrogen and oxygen atoms in total. The molecular formula is C22H23P. The number of hydrogen-bond acceptors (Lipinski definition) is 0. The van der Waals surface area contributed by atoms with Crippen molar-refractivity contribution in [3.05, 3.63) is 54.1 Å². The summed E-state index contributed by atoms with van der Waals surface area (Å²) < 4.78 is 0. The third kappa shape index (κ3) is 2.16. The van der Waals surface area contributed by atoms with Crippen LogP contribution >= 0.6 is 9.24 Å². The lowest BCUT2D eigenvalue weighted by Crippen LogP contribution is -2.23. The summed E-state index contributed by atoms with van der Waals surface area (Å²) in [4.78, 5) is 0. The molecule has 0 radical (unpaired) electrons. The molecule has 0 aromatic heterocycles. The monoisotopic (exact) mass is 318 g/mol. The first-order chi connectivity index (χ1) is 11.0. The van der Waals surface area contributed by atoms with Crippen molar-refractivity contribution in [2.24, 2.45) is 0 Å². The van der Waals surface area contributed by atoms with Crippen molar-refractivity contribution in [2.45, 2.75) is 39.0 Å². The summed E-state index contributed by atoms with van der Waals surface area (Å²) >= 11 is 0. The van der Waals surface area contributed by atoms with Crippen LogP contribution in [0.4, 0.5) is 0 Å². The van der Waals surface area contributed by atoms with Gasteiger partial charge in [-0.05, 0) is 61.1 Å². The molecule has 0 amide bonds. The highest BCUT2D eigenvalue weighted by molar-refractivity contribution is 7.28. The van der Waals surface area contributed by atoms with Gasteiger partial charge >= 0.3 is 0 Å². The molecule has 4 aromatic carbocycles. The second-order valence-corrected chi connectivity index (χ2v) is 7.91. The van der Waals surface area contributed by atoms with E-state index < -0.39 is 0 Å². The Balaban J connectivity index is 2.16. The number of rotatable bonds is 3. The fraction of sp³-hybridized carbons (Fsp3) is 0.273. The summed E-state index contributed by atoms with van der Waals surface area (Å²) in [6.07, 6.45) is 2.42. The van der Waals surface area contributed by atoms with Gasteiger partial charge in [0.1, 0.15) is 0 Å². The molecule has 116 valence electrons. The summed E-state index contributed by atoms with van der Waals surface area (Å²) in [6.45, 7) is 7.02. The minimum atomic E-state index is 0.205. The molecule has 0 N–H and O–H groups in total. The Hall–Kier alpha value is -1.65. The lowest BCUT2D eigenvalue weighted by Gasteiger charge is -2.28. The molecule has 0 aliphatic rings. The molecular weight excluding hydrogens is 295 g/mol. The van der Waals surface area contributed by atoms with Crippen molar-refractivity contribution in [1.82, 2.24) is 0 Å². The largest absolute Gasteiger partial charge is 0.105 e. The highest BCUT2D eigenvalue weighted by Crippen LogP contribution is 2.38. The lowest BCUT2D eigenvalue weighted by molar-refractivity contribution is 0.476. The Labute approximate surface area is 140 Å². The zero-order valence-electron chi connectivity index (χ0n) is 14.1. The predicted molar refractivity (Wildman–Crippen MR) is 107 cm³/mol. The Bertz CT molecular complexity index is 995. The Morgan fingerprint density at radius 1 is 0.870 bits per heavy atom. The molecule has 0 bridgehead atoms. The van der Waals surface area contributed by atoms with Crippen LogP contribution in [0.15, 0.2) is 48.5 Å². The van der Waals surface area contributed by atoms with E-state index in [0.29, 0.717) is 0 Å². The van der Waals surface area contributed by atoms with E-state index in [1.54, 1.807) is 0 Å². The molecule has 4 rings (SSSR count). The summed E-state index contributed by atoms with van der Waals surface area (Å²) in [7, 11) is 3.03. The highest BCUT2D eigenvalue weighted by Gasteiger charge is 2.24. The van der Waals surface area contributed by atoms with E-state index in [2.05, 4.69) is 78.5 Å². The van der Waals surface area contributed by atoms with Gasteiger partial charge in [-0.2, -0.15) is 0 Å². The van der Waals surface area contributed by atoms with E-state index in [1.165, 1.54) is 56.0 Å². The SMILES string of the molecule is CCCC(C)(C)c1cc2ccc3cccc4ccc(c1P)c2c34. The van der Waals surface area contributed by atoms with Crippen LogP contribution in [-0.4, -0.2) is 0 Å². The Morgan fingerprint density at radius 3 is 2.22 bits per heavy atom. The number of benzene rings is 4. The zero-order chi connectivity index (χ0) is 16.2. The van der Waals surface area contributed by atoms with Gasteiger partial charge in [-0.25, -0.2) is 0 Å². The fourth-order valence-electron chi connectivity index (χ4n) is 4.15. The molecule has 0 saturated heterocycles. The van der Waals surface area contributed by atoms with Gasteiger partial charge in [0.15, 0.2) is 0 Å². The first-order valence-corrected chi connectivity index (χ1v) is 9.07. The van der Waals surface area contributed by atoms with Crippen molar-refractivity contribution < 1.29 is 0 Å². The lowest BCUT2D eigenvalue weighted by atomic mass is 9.78. The van der Waals surface area contributed by atoms with Crippen LogP contribution in [0, 0.1) is 0 Å². The molecule has 0 fully saturated rings. The van der Waals surface area contributed by atoms with Crippen molar-refractivity contribution in [1.29, 1.82) is 0 Å². The van der Waals surface area contributed by atoms with E-state index in [-0.39, 0.29) is 5.41 Å². The van der Waals surface area contributed by atoms with Gasteiger partial charge in [0.2, 0.25) is 0 Å². The Kier molecular flexibility index (Phi) is 3.36. The van der Waals surface area contributed by atoms with Gasteiger partial charge in [-0.1, -0.05) is 69.7 Å². The molecule has 4 aromatic rings. The maximum Gasteiger partial charge on any atom is -0.00204 e. The van der Waals surface area contributed by atoms with Gasteiger partial charge in [0.25, 0.3) is 0 Å². The summed E-state index contributed by atoms with van der Waals surface area (Å²) in [6, 6.07) is 18.2. The van der Waals surface area contributed by atoms with Crippen LogP contribution in [0.3, 0.4) is 0 Å². The average molecular weight is 318 g/mol. The van der Waals surface area contributed by atoms with Crippen LogP contribution < -0.4 is 5.30 Å². The standard InChI is InChI=1S/C22H23P/c1-4-12-22(2,3)18-13-16-9-8-14-6-5-7-15-10-11-17(21(18)23)20(16)19(14)15/h5-11,13H,4,12,23H2,1-3H3. The van der Waals surface area contributed by atoms with Crippen LogP contribution in [-0.2, 0) is 5.41 Å². The topological polar surface area (TPSA) is 0 Å². The first-order valence-electron chi connectivity index (χ1n) is 8.49. The fourth-order valence-corrected chi connectivity index (χ4v) is 4.87. The van der Waals surface area contributed by atoms with Crippen molar-refractivity contribution in [2.75, 3.05) is 0 Å². The first kappa shape index (κ1) is 14.9. The van der Waals surface area contributed by atoms with Gasteiger partial charge in [-0.15, -0.1) is 9.24 Å². The Morgan fingerprint density at radius 2 is 1.52 bits per heavy atom. The normalized spacial score (nSPS) is 12.7. The molecule has 1 unspecified atom stereocenters. The van der Waals surface area contributed by atoms with E-state index in [1.807, 2.05) is 0 Å². The van der Waals surface area contributed by atoms with Crippen molar-refractivity contribution in [3.63, 3.8) is 0 Å². The quantitative estimate of drug-likeness (QED) is 0.313. The zero-order valence-corrected chi connectivity index (χ0v) is 15.3. The third-order valence-electron chi connectivity index (χ3n) is 5.29. The molecule has 0 aliphatic heterocycles. The minimum absolute atomic E-state index is 0.205. The van der Waals surface area contributed by atoms with Crippen LogP contribution in [0.5, 0.6) is 0 Å². The second kappa shape index (κ2) is 5.18. The van der Waals surface area contributed by atoms with Gasteiger partial charge in [-0.3, -0.25) is 0 Å². The van der Waals surface area contributed by atoms with Crippen molar-refractivity contribution in [3.8, 4) is 0 Å². The average Bonchev–Trinajstić information content (AvgIpc) is 2.54.